The summed E-state index contributed by atoms with van der Waals surface area (Å²) in [6.45, 7) is 34.5. The van der Waals surface area contributed by atoms with Gasteiger partial charge >= 0.3 is 47.8 Å². The molecule has 0 unspecified atom stereocenters. The molecule has 4 aromatic carbocycles. The van der Waals surface area contributed by atoms with Crippen LogP contribution in [-0.2, 0) is 38.4 Å². The molecule has 1 aliphatic rings. The summed E-state index contributed by atoms with van der Waals surface area (Å²) in [6, 6.07) is 13.6. The quantitative estimate of drug-likeness (QED) is 0.0193. The Balaban J connectivity index is 2.49. The Bertz CT molecular complexity index is 3080. The van der Waals surface area contributed by atoms with Crippen LogP contribution in [0.25, 0.3) is 0 Å². The van der Waals surface area contributed by atoms with Crippen LogP contribution in [0.15, 0.2) is 48.5 Å². The Hall–Kier alpha value is -3.52. The van der Waals surface area contributed by atoms with Crippen LogP contribution >= 0.6 is 127 Å². The van der Waals surface area contributed by atoms with Crippen LogP contribution in [0.5, 0.6) is 46.0 Å². The average Bonchev–Trinajstić information content (AvgIpc) is 0.743. The van der Waals surface area contributed by atoms with E-state index < -0.39 is 106 Å². The number of hydrogen-bond donors (Lipinski definition) is 0. The van der Waals surface area contributed by atoms with Crippen molar-refractivity contribution < 1.29 is 76.3 Å². The molecule has 0 heterocycles. The third-order valence-electron chi connectivity index (χ3n) is 17.5. The van der Waals surface area contributed by atoms with Crippen molar-refractivity contribution in [3.8, 4) is 46.0 Å². The fourth-order valence-corrected chi connectivity index (χ4v) is 12.0. The minimum absolute atomic E-state index is 0.0240. The van der Waals surface area contributed by atoms with Gasteiger partial charge in [-0.1, -0.05) is 232 Å². The summed E-state index contributed by atoms with van der Waals surface area (Å²) in [7, 11) is 0. The number of carbonyl (C=O) groups is 8. The second-order valence-corrected chi connectivity index (χ2v) is 46.7. The first-order chi connectivity index (χ1) is 47.8. The minimum Gasteiger partial charge on any atom is -0.425 e. The second kappa shape index (κ2) is 37.5. The molecular weight excluding hydrogens is 1860 g/mol. The van der Waals surface area contributed by atoms with Crippen molar-refractivity contribution in [1.29, 1.82) is 0 Å². The molecule has 0 fully saturated rings. The average molecular weight is 1960 g/mol. The van der Waals surface area contributed by atoms with Gasteiger partial charge in [-0.2, -0.15) is 0 Å². The zero-order valence-corrected chi connectivity index (χ0v) is 76.5. The SMILES string of the molecule is CCCCCC1c2cc(c(OC(=O)C(C)(C)Br)cc2OC(=O)C(C)(C)Br)C(CCCCC)c2cc(c(OC(=O)C(C)(C)Br)cc2OC(=O)C(C)(C)Br)C(CCCCC)c2cc(c(OC(=O)C(C)(C)Br)cc2OC(=O)C(C)(C)Br)C(CCCCC)c2cc1c(OC(=O)C(C)(C)Br)cc2OC(=O)C(C)(C)Br. The molecule has 104 heavy (non-hydrogen) atoms. The number of ether oxygens (including phenoxy) is 8. The van der Waals surface area contributed by atoms with E-state index in [0.717, 1.165) is 25.7 Å². The van der Waals surface area contributed by atoms with E-state index in [0.29, 0.717) is 95.9 Å². The lowest BCUT2D eigenvalue weighted by molar-refractivity contribution is -0.137. The number of carbonyl (C=O) groups excluding carboxylic acids is 8. The summed E-state index contributed by atoms with van der Waals surface area (Å²) in [6.07, 6.45) is 9.13. The Kier molecular flexibility index (Phi) is 32.8. The highest BCUT2D eigenvalue weighted by Gasteiger charge is 2.43. The summed E-state index contributed by atoms with van der Waals surface area (Å²) < 4.78 is 43.1. The van der Waals surface area contributed by atoms with Crippen LogP contribution in [0.1, 0.15) is 309 Å². The Morgan fingerprint density at radius 2 is 0.346 bits per heavy atom. The van der Waals surface area contributed by atoms with E-state index in [1.165, 1.54) is 24.3 Å². The van der Waals surface area contributed by atoms with E-state index >= 15 is 0 Å². The molecule has 0 aliphatic heterocycles. The number of benzene rings is 4. The molecule has 0 saturated carbocycles. The minimum atomic E-state index is -1.30. The molecule has 0 atom stereocenters. The molecular formula is C80H104Br8O16. The molecule has 8 bridgehead atoms. The number of halogens is 8. The summed E-state index contributed by atoms with van der Waals surface area (Å²) >= 11 is 28.6. The third-order valence-corrected chi connectivity index (χ3v) is 20.1. The van der Waals surface area contributed by atoms with Crippen molar-refractivity contribution in [1.82, 2.24) is 0 Å². The van der Waals surface area contributed by atoms with Gasteiger partial charge in [-0.15, -0.1) is 0 Å². The van der Waals surface area contributed by atoms with Crippen molar-refractivity contribution in [2.45, 2.75) is 299 Å². The highest BCUT2D eigenvalue weighted by Crippen LogP contribution is 2.55. The van der Waals surface area contributed by atoms with E-state index in [2.05, 4.69) is 155 Å². The Morgan fingerprint density at radius 1 is 0.231 bits per heavy atom. The standard InChI is InChI=1S/C80H104Br8O16/c1-21-25-29-33-45-49-37-51(59(99-67(91)75(9,10)83)41-57(49)97-65(89)73(5,6)81)46(34-30-26-22-2)53-39-55(63(103-71(95)79(17,18)87)43-61(53)101-69(93)77(13,14)85)48(36-32-28-24-4)56-40-54(62(102-70(94)78(15,16)86)44-64(56)104-72(96)80(19,20)88)47(35-31-27-23-3)52-38-50(45)58(98-66(90)74(7,8)82)42-60(52)100-68(92)76(11,12)84/h37-48H,21-36H2,1-20H3. The molecule has 1 aliphatic carbocycles. The van der Waals surface area contributed by atoms with Crippen LogP contribution in [0.4, 0.5) is 0 Å². The molecule has 24 heteroatoms. The van der Waals surface area contributed by atoms with Gasteiger partial charge in [-0.25, -0.2) is 0 Å². The van der Waals surface area contributed by atoms with Crippen LogP contribution in [-0.4, -0.2) is 82.3 Å². The molecule has 4 aromatic rings. The summed E-state index contributed by atoms with van der Waals surface area (Å²) in [5, 5.41) is 0. The largest absolute Gasteiger partial charge is 0.425 e. The Labute approximate surface area is 683 Å². The maximum atomic E-state index is 14.9. The van der Waals surface area contributed by atoms with Gasteiger partial charge < -0.3 is 37.9 Å². The monoisotopic (exact) mass is 1950 g/mol. The number of alkyl halides is 8. The van der Waals surface area contributed by atoms with Gasteiger partial charge in [0.15, 0.2) is 0 Å². The lowest BCUT2D eigenvalue weighted by Crippen LogP contribution is -2.32. The van der Waals surface area contributed by atoms with Gasteiger partial charge in [0.1, 0.15) is 80.6 Å². The molecule has 0 radical (unpaired) electrons. The number of fused-ring (bicyclic) bond motifs is 8. The molecule has 0 aromatic heterocycles. The first-order valence-electron chi connectivity index (χ1n) is 35.8. The van der Waals surface area contributed by atoms with Crippen LogP contribution in [0.2, 0.25) is 0 Å². The topological polar surface area (TPSA) is 210 Å². The maximum absolute atomic E-state index is 14.9. The molecule has 0 spiro atoms. The van der Waals surface area contributed by atoms with E-state index in [1.54, 1.807) is 111 Å². The van der Waals surface area contributed by atoms with Crippen molar-refractivity contribution in [2.24, 2.45) is 0 Å². The van der Waals surface area contributed by atoms with Crippen molar-refractivity contribution in [3.05, 3.63) is 93.0 Å². The highest BCUT2D eigenvalue weighted by molar-refractivity contribution is 9.11. The van der Waals surface area contributed by atoms with E-state index in [1.807, 2.05) is 24.3 Å². The van der Waals surface area contributed by atoms with Crippen molar-refractivity contribution in [2.75, 3.05) is 0 Å². The van der Waals surface area contributed by atoms with Crippen molar-refractivity contribution in [3.63, 3.8) is 0 Å². The molecule has 16 nitrogen and oxygen atoms in total. The smallest absolute Gasteiger partial charge is 0.327 e. The lowest BCUT2D eigenvalue weighted by Gasteiger charge is -2.33. The van der Waals surface area contributed by atoms with Gasteiger partial charge in [0.25, 0.3) is 0 Å². The molecule has 576 valence electrons. The predicted octanol–water partition coefficient (Wildman–Crippen LogP) is 23.5. The molecule has 0 N–H and O–H groups in total. The fourth-order valence-electron chi connectivity index (χ4n) is 11.3. The maximum Gasteiger partial charge on any atom is 0.327 e. The van der Waals surface area contributed by atoms with Gasteiger partial charge in [0, 0.05) is 92.4 Å². The van der Waals surface area contributed by atoms with Gasteiger partial charge in [-0.05, 0) is 161 Å². The first-order valence-corrected chi connectivity index (χ1v) is 42.1. The zero-order valence-electron chi connectivity index (χ0n) is 63.8. The highest BCUT2D eigenvalue weighted by atomic mass is 79.9. The lowest BCUT2D eigenvalue weighted by atomic mass is 9.76. The number of esters is 8. The number of rotatable bonds is 32. The third kappa shape index (κ3) is 25.3. The fraction of sp³-hybridized carbons (Fsp3) is 0.600. The van der Waals surface area contributed by atoms with Crippen LogP contribution in [0, 0.1) is 0 Å². The zero-order chi connectivity index (χ0) is 78.8. The number of hydrogen-bond acceptors (Lipinski definition) is 16. The predicted molar refractivity (Wildman–Crippen MR) is 439 cm³/mol. The summed E-state index contributed by atoms with van der Waals surface area (Å²) in [4.78, 5) is 119. The van der Waals surface area contributed by atoms with Crippen LogP contribution < -0.4 is 37.9 Å². The molecule has 0 saturated heterocycles. The summed E-state index contributed by atoms with van der Waals surface area (Å²) in [5.41, 5.74) is 3.02. The normalized spacial score (nSPS) is 16.0. The van der Waals surface area contributed by atoms with Gasteiger partial charge in [-0.3, -0.25) is 38.4 Å². The summed E-state index contributed by atoms with van der Waals surface area (Å²) in [5.74, 6) is -9.70. The first kappa shape index (κ1) is 91.1. The molecule has 5 rings (SSSR count). The Morgan fingerprint density at radius 3 is 0.442 bits per heavy atom. The van der Waals surface area contributed by atoms with E-state index in [9.17, 15) is 38.4 Å². The number of unbranched alkanes of at least 4 members (excludes halogenated alkanes) is 8. The molecule has 0 amide bonds. The second-order valence-electron chi connectivity index (χ2n) is 30.8. The van der Waals surface area contributed by atoms with Gasteiger partial charge in [0.2, 0.25) is 0 Å². The van der Waals surface area contributed by atoms with Gasteiger partial charge in [0.05, 0.1) is 0 Å². The van der Waals surface area contributed by atoms with E-state index in [4.69, 9.17) is 37.9 Å². The van der Waals surface area contributed by atoms with E-state index in [-0.39, 0.29) is 71.7 Å². The van der Waals surface area contributed by atoms with Crippen LogP contribution in [0.3, 0.4) is 0 Å². The van der Waals surface area contributed by atoms with Crippen molar-refractivity contribution >= 4 is 175 Å².